The van der Waals surface area contributed by atoms with Gasteiger partial charge in [-0.1, -0.05) is 17.3 Å². The van der Waals surface area contributed by atoms with Gasteiger partial charge in [0, 0.05) is 20.1 Å². The summed E-state index contributed by atoms with van der Waals surface area (Å²) >= 11 is 0. The number of aromatic nitrogens is 4. The Bertz CT molecular complexity index is 674. The highest BCUT2D eigenvalue weighted by atomic mass is 16.5. The van der Waals surface area contributed by atoms with Gasteiger partial charge in [-0.3, -0.25) is 0 Å². The molecule has 2 heterocycles. The van der Waals surface area contributed by atoms with E-state index in [2.05, 4.69) is 19.7 Å². The highest BCUT2D eigenvalue weighted by Gasteiger charge is 2.07. The van der Waals surface area contributed by atoms with E-state index < -0.39 is 0 Å². The van der Waals surface area contributed by atoms with Crippen LogP contribution in [-0.2, 0) is 24.3 Å². The van der Waals surface area contributed by atoms with E-state index in [9.17, 15) is 0 Å². The molecule has 98 valence electrons. The molecular formula is C13H14N4O2. The van der Waals surface area contributed by atoms with Crippen LogP contribution in [0.3, 0.4) is 0 Å². The zero-order chi connectivity index (χ0) is 13.1. The zero-order valence-electron chi connectivity index (χ0n) is 10.6. The minimum Gasteiger partial charge on any atom is -0.377 e. The molecule has 0 aliphatic heterocycles. The summed E-state index contributed by atoms with van der Waals surface area (Å²) in [7, 11) is 1.60. The molecule has 0 saturated heterocycles. The maximum Gasteiger partial charge on any atom is 0.228 e. The Balaban J connectivity index is 1.71. The minimum atomic E-state index is 0.373. The van der Waals surface area contributed by atoms with Gasteiger partial charge in [-0.2, -0.15) is 4.98 Å². The van der Waals surface area contributed by atoms with Crippen molar-refractivity contribution in [1.29, 1.82) is 0 Å². The van der Waals surface area contributed by atoms with Crippen LogP contribution in [0.2, 0.25) is 0 Å². The van der Waals surface area contributed by atoms with Gasteiger partial charge < -0.3 is 13.8 Å². The average molecular weight is 258 g/mol. The highest BCUT2D eigenvalue weighted by molar-refractivity contribution is 5.74. The predicted octanol–water partition coefficient (Wildman–Crippen LogP) is 1.81. The lowest BCUT2D eigenvalue weighted by Crippen LogP contribution is -2.00. The van der Waals surface area contributed by atoms with Crippen molar-refractivity contribution >= 4 is 11.0 Å². The number of ether oxygens (including phenoxy) is 1. The second kappa shape index (κ2) is 5.19. The lowest BCUT2D eigenvalue weighted by Gasteiger charge is -2.00. The van der Waals surface area contributed by atoms with Crippen LogP contribution in [0.25, 0.3) is 11.0 Å². The molecule has 0 bridgehead atoms. The van der Waals surface area contributed by atoms with E-state index in [-0.39, 0.29) is 0 Å². The fourth-order valence-corrected chi connectivity index (χ4v) is 1.98. The van der Waals surface area contributed by atoms with Crippen molar-refractivity contribution in [3.8, 4) is 0 Å². The van der Waals surface area contributed by atoms with Crippen molar-refractivity contribution in [2.45, 2.75) is 19.6 Å². The summed E-state index contributed by atoms with van der Waals surface area (Å²) in [5.74, 6) is 1.19. The first-order valence-corrected chi connectivity index (χ1v) is 6.07. The monoisotopic (exact) mass is 258 g/mol. The van der Waals surface area contributed by atoms with E-state index in [4.69, 9.17) is 9.26 Å². The summed E-state index contributed by atoms with van der Waals surface area (Å²) in [6, 6.07) is 8.03. The maximum atomic E-state index is 5.15. The fraction of sp³-hybridized carbons (Fsp3) is 0.308. The van der Waals surface area contributed by atoms with E-state index >= 15 is 0 Å². The third kappa shape index (κ3) is 2.48. The second-order valence-corrected chi connectivity index (χ2v) is 4.21. The molecule has 0 radical (unpaired) electrons. The van der Waals surface area contributed by atoms with Crippen LogP contribution >= 0.6 is 0 Å². The van der Waals surface area contributed by atoms with Crippen molar-refractivity contribution in [2.24, 2.45) is 0 Å². The molecule has 0 aliphatic carbocycles. The first kappa shape index (κ1) is 11.9. The van der Waals surface area contributed by atoms with Gasteiger partial charge in [0.05, 0.1) is 17.4 Å². The molecule has 0 saturated carbocycles. The van der Waals surface area contributed by atoms with Crippen LogP contribution < -0.4 is 0 Å². The number of hydrogen-bond acceptors (Lipinski definition) is 5. The summed E-state index contributed by atoms with van der Waals surface area (Å²) in [5, 5.41) is 3.83. The summed E-state index contributed by atoms with van der Waals surface area (Å²) in [6.45, 7) is 1.13. The van der Waals surface area contributed by atoms with Crippen LogP contribution in [0.4, 0.5) is 0 Å². The summed E-state index contributed by atoms with van der Waals surface area (Å²) < 4.78 is 12.2. The van der Waals surface area contributed by atoms with E-state index in [0.717, 1.165) is 17.6 Å². The molecule has 0 atom stereocenters. The number of methoxy groups -OCH3 is 1. The number of imidazole rings is 1. The summed E-state index contributed by atoms with van der Waals surface area (Å²) in [4.78, 5) is 8.58. The van der Waals surface area contributed by atoms with Gasteiger partial charge in [-0.05, 0) is 12.1 Å². The Labute approximate surface area is 110 Å². The number of nitrogens with zero attached hydrogens (tertiary/aromatic N) is 4. The standard InChI is InChI=1S/C13H14N4O2/c1-18-8-12-15-13(19-16-12)6-7-17-9-14-10-4-2-3-5-11(10)17/h2-5,9H,6-8H2,1H3. The van der Waals surface area contributed by atoms with Gasteiger partial charge in [0.25, 0.3) is 0 Å². The van der Waals surface area contributed by atoms with Crippen LogP contribution in [0.15, 0.2) is 35.1 Å². The quantitative estimate of drug-likeness (QED) is 0.698. The predicted molar refractivity (Wildman–Crippen MR) is 68.4 cm³/mol. The number of benzene rings is 1. The van der Waals surface area contributed by atoms with Crippen molar-refractivity contribution in [3.05, 3.63) is 42.3 Å². The van der Waals surface area contributed by atoms with E-state index in [0.29, 0.717) is 24.7 Å². The van der Waals surface area contributed by atoms with Crippen molar-refractivity contribution in [2.75, 3.05) is 7.11 Å². The third-order valence-corrected chi connectivity index (χ3v) is 2.88. The molecule has 19 heavy (non-hydrogen) atoms. The number of rotatable bonds is 5. The second-order valence-electron chi connectivity index (χ2n) is 4.21. The summed E-state index contributed by atoms with van der Waals surface area (Å²) in [6.07, 6.45) is 2.51. The third-order valence-electron chi connectivity index (χ3n) is 2.88. The van der Waals surface area contributed by atoms with Gasteiger partial charge in [0.15, 0.2) is 5.82 Å². The highest BCUT2D eigenvalue weighted by Crippen LogP contribution is 2.12. The molecule has 3 aromatic rings. The molecule has 0 amide bonds. The molecule has 0 spiro atoms. The topological polar surface area (TPSA) is 66.0 Å². The number of para-hydroxylation sites is 2. The Hall–Kier alpha value is -2.21. The Morgan fingerprint density at radius 2 is 2.21 bits per heavy atom. The molecular weight excluding hydrogens is 244 g/mol. The van der Waals surface area contributed by atoms with Crippen molar-refractivity contribution < 1.29 is 9.26 Å². The Morgan fingerprint density at radius 1 is 1.32 bits per heavy atom. The number of hydrogen-bond donors (Lipinski definition) is 0. The van der Waals surface area contributed by atoms with Gasteiger partial charge in [-0.25, -0.2) is 4.98 Å². The minimum absolute atomic E-state index is 0.373. The SMILES string of the molecule is COCc1noc(CCn2cnc3ccccc32)n1. The molecule has 0 aliphatic rings. The smallest absolute Gasteiger partial charge is 0.228 e. The summed E-state index contributed by atoms with van der Waals surface area (Å²) in [5.41, 5.74) is 2.10. The lowest BCUT2D eigenvalue weighted by molar-refractivity contribution is 0.174. The van der Waals surface area contributed by atoms with Gasteiger partial charge in [0.1, 0.15) is 6.61 Å². The average Bonchev–Trinajstić information content (AvgIpc) is 3.04. The largest absolute Gasteiger partial charge is 0.377 e. The molecule has 3 rings (SSSR count). The van der Waals surface area contributed by atoms with Crippen LogP contribution in [0.5, 0.6) is 0 Å². The number of fused-ring (bicyclic) bond motifs is 1. The molecule has 2 aromatic heterocycles. The molecule has 0 N–H and O–H groups in total. The Morgan fingerprint density at radius 3 is 3.11 bits per heavy atom. The molecule has 6 heteroatoms. The molecule has 0 fully saturated rings. The van der Waals surface area contributed by atoms with Gasteiger partial charge in [-0.15, -0.1) is 0 Å². The van der Waals surface area contributed by atoms with Crippen LogP contribution in [0.1, 0.15) is 11.7 Å². The number of aryl methyl sites for hydroxylation is 2. The van der Waals surface area contributed by atoms with Crippen molar-refractivity contribution in [1.82, 2.24) is 19.7 Å². The zero-order valence-corrected chi connectivity index (χ0v) is 10.6. The fourth-order valence-electron chi connectivity index (χ4n) is 1.98. The van der Waals surface area contributed by atoms with E-state index in [1.165, 1.54) is 0 Å². The molecule has 0 unspecified atom stereocenters. The van der Waals surface area contributed by atoms with E-state index in [1.54, 1.807) is 7.11 Å². The molecule has 6 nitrogen and oxygen atoms in total. The Kier molecular flexibility index (Phi) is 3.24. The lowest BCUT2D eigenvalue weighted by atomic mass is 10.3. The van der Waals surface area contributed by atoms with E-state index in [1.807, 2.05) is 30.6 Å². The van der Waals surface area contributed by atoms with Crippen LogP contribution in [-0.4, -0.2) is 26.8 Å². The van der Waals surface area contributed by atoms with Crippen LogP contribution in [0, 0.1) is 0 Å². The normalized spacial score (nSPS) is 11.2. The van der Waals surface area contributed by atoms with Gasteiger partial charge >= 0.3 is 0 Å². The first-order chi connectivity index (χ1) is 9.36. The molecule has 1 aromatic carbocycles. The van der Waals surface area contributed by atoms with Crippen molar-refractivity contribution in [3.63, 3.8) is 0 Å². The maximum absolute atomic E-state index is 5.15. The first-order valence-electron chi connectivity index (χ1n) is 6.07. The van der Waals surface area contributed by atoms with Gasteiger partial charge in [0.2, 0.25) is 5.89 Å².